The van der Waals surface area contributed by atoms with Gasteiger partial charge in [0.05, 0.1) is 17.8 Å². The Morgan fingerprint density at radius 2 is 1.91 bits per heavy atom. The lowest BCUT2D eigenvalue weighted by molar-refractivity contribution is -0.116. The number of carbonyl (C=O) groups is 2. The number of anilines is 1. The van der Waals surface area contributed by atoms with Crippen molar-refractivity contribution in [3.63, 3.8) is 0 Å². The average molecular weight is 456 g/mol. The fourth-order valence-corrected chi connectivity index (χ4v) is 5.92. The van der Waals surface area contributed by atoms with Gasteiger partial charge in [-0.25, -0.2) is 0 Å². The molecule has 1 aromatic carbocycles. The second-order valence-electron chi connectivity index (χ2n) is 8.59. The largest absolute Gasteiger partial charge is 0.362 e. The SMILES string of the molecule is CC1=C(C(=O)Nc2cccnc2)C(c2sccc2C)C2=C(CC(c3ccccc3)CC2=O)N1. The predicted molar refractivity (Wildman–Crippen MR) is 131 cm³/mol. The highest BCUT2D eigenvalue weighted by Gasteiger charge is 2.41. The summed E-state index contributed by atoms with van der Waals surface area (Å²) in [6.45, 7) is 3.97. The highest BCUT2D eigenvalue weighted by Crippen LogP contribution is 2.47. The van der Waals surface area contributed by atoms with Crippen LogP contribution in [0.3, 0.4) is 0 Å². The molecule has 2 aromatic heterocycles. The van der Waals surface area contributed by atoms with E-state index in [0.29, 0.717) is 17.7 Å². The number of nitrogens with one attached hydrogen (secondary N) is 2. The molecule has 5 nitrogen and oxygen atoms in total. The second-order valence-corrected chi connectivity index (χ2v) is 9.54. The number of amides is 1. The number of pyridine rings is 1. The third-order valence-corrected chi connectivity index (χ3v) is 7.51. The van der Waals surface area contributed by atoms with E-state index in [-0.39, 0.29) is 23.5 Å². The highest BCUT2D eigenvalue weighted by molar-refractivity contribution is 7.10. The van der Waals surface area contributed by atoms with Crippen molar-refractivity contribution in [1.82, 2.24) is 10.3 Å². The molecule has 0 spiro atoms. The zero-order valence-corrected chi connectivity index (χ0v) is 19.4. The molecule has 0 saturated heterocycles. The number of aromatic nitrogens is 1. The second kappa shape index (κ2) is 8.79. The Hall–Kier alpha value is -3.51. The molecule has 0 fully saturated rings. The lowest BCUT2D eigenvalue weighted by Gasteiger charge is -2.36. The van der Waals surface area contributed by atoms with Gasteiger partial charge in [-0.15, -0.1) is 11.3 Å². The Bertz CT molecular complexity index is 1270. The molecular formula is C27H25N3O2S. The number of allylic oxidation sites excluding steroid dienone is 3. The molecule has 166 valence electrons. The van der Waals surface area contributed by atoms with Gasteiger partial charge in [-0.05, 0) is 60.9 Å². The van der Waals surface area contributed by atoms with Crippen LogP contribution in [0, 0.1) is 6.92 Å². The van der Waals surface area contributed by atoms with E-state index < -0.39 is 0 Å². The van der Waals surface area contributed by atoms with Crippen LogP contribution in [0.2, 0.25) is 0 Å². The normalized spacial score (nSPS) is 20.4. The summed E-state index contributed by atoms with van der Waals surface area (Å²) in [4.78, 5) is 32.2. The van der Waals surface area contributed by atoms with Gasteiger partial charge in [0.15, 0.2) is 5.78 Å². The van der Waals surface area contributed by atoms with Crippen LogP contribution >= 0.6 is 11.3 Å². The molecule has 3 heterocycles. The zero-order chi connectivity index (χ0) is 22.9. The standard InChI is InChI=1S/C27H25N3O2S/c1-16-10-12-33-26(16)25-23(27(32)30-20-9-6-11-28-15-20)17(2)29-21-13-19(14-22(31)24(21)25)18-7-4-3-5-8-18/h3-12,15,19,25,29H,13-14H2,1-2H3,(H,30,32). The Kier molecular flexibility index (Phi) is 5.68. The van der Waals surface area contributed by atoms with E-state index in [0.717, 1.165) is 33.8 Å². The number of hydrogen-bond acceptors (Lipinski definition) is 5. The Morgan fingerprint density at radius 1 is 1.09 bits per heavy atom. The van der Waals surface area contributed by atoms with Gasteiger partial charge in [0.25, 0.3) is 5.91 Å². The quantitative estimate of drug-likeness (QED) is 0.549. The molecule has 5 rings (SSSR count). The summed E-state index contributed by atoms with van der Waals surface area (Å²) in [7, 11) is 0. The first-order chi connectivity index (χ1) is 16.0. The lowest BCUT2D eigenvalue weighted by Crippen LogP contribution is -2.37. The number of rotatable bonds is 4. The smallest absolute Gasteiger partial charge is 0.254 e. The van der Waals surface area contributed by atoms with Gasteiger partial charge in [-0.2, -0.15) is 0 Å². The molecule has 33 heavy (non-hydrogen) atoms. The van der Waals surface area contributed by atoms with Gasteiger partial charge < -0.3 is 10.6 Å². The van der Waals surface area contributed by atoms with Crippen LogP contribution in [-0.2, 0) is 9.59 Å². The lowest BCUT2D eigenvalue weighted by atomic mass is 9.73. The van der Waals surface area contributed by atoms with E-state index in [2.05, 4.69) is 27.8 Å². The number of carbonyl (C=O) groups excluding carboxylic acids is 2. The van der Waals surface area contributed by atoms with E-state index in [1.807, 2.05) is 49.6 Å². The number of nitrogens with zero attached hydrogens (tertiary/aromatic N) is 1. The first kappa shape index (κ1) is 21.3. The molecule has 1 aliphatic carbocycles. The Balaban J connectivity index is 1.56. The minimum Gasteiger partial charge on any atom is -0.362 e. The molecule has 1 amide bonds. The molecule has 2 aliphatic rings. The molecule has 2 unspecified atom stereocenters. The van der Waals surface area contributed by atoms with E-state index in [1.165, 1.54) is 5.56 Å². The van der Waals surface area contributed by atoms with Crippen LogP contribution in [0.25, 0.3) is 0 Å². The minimum atomic E-state index is -0.373. The van der Waals surface area contributed by atoms with Crippen molar-refractivity contribution in [2.45, 2.75) is 38.5 Å². The number of Topliss-reactive ketones (excluding diaryl/α,β-unsaturated/α-hetero) is 1. The molecule has 3 aromatic rings. The molecule has 2 N–H and O–H groups in total. The average Bonchev–Trinajstić information content (AvgIpc) is 3.24. The first-order valence-corrected chi connectivity index (χ1v) is 11.9. The summed E-state index contributed by atoms with van der Waals surface area (Å²) < 4.78 is 0. The van der Waals surface area contributed by atoms with E-state index >= 15 is 0 Å². The molecule has 0 saturated carbocycles. The van der Waals surface area contributed by atoms with Crippen molar-refractivity contribution in [3.8, 4) is 0 Å². The molecule has 6 heteroatoms. The van der Waals surface area contributed by atoms with Crippen molar-refractivity contribution in [2.24, 2.45) is 0 Å². The van der Waals surface area contributed by atoms with Crippen LogP contribution in [0.1, 0.15) is 47.6 Å². The number of dihydropyridines is 1. The van der Waals surface area contributed by atoms with Gasteiger partial charge >= 0.3 is 0 Å². The van der Waals surface area contributed by atoms with Crippen LogP contribution in [-0.4, -0.2) is 16.7 Å². The fraction of sp³-hybridized carbons (Fsp3) is 0.222. The van der Waals surface area contributed by atoms with Crippen LogP contribution in [0.4, 0.5) is 5.69 Å². The van der Waals surface area contributed by atoms with E-state index in [1.54, 1.807) is 29.8 Å². The maximum absolute atomic E-state index is 13.6. The zero-order valence-electron chi connectivity index (χ0n) is 18.6. The molecular weight excluding hydrogens is 430 g/mol. The number of ketones is 1. The van der Waals surface area contributed by atoms with Gasteiger partial charge in [0, 0.05) is 40.0 Å². The van der Waals surface area contributed by atoms with Crippen LogP contribution in [0.15, 0.2) is 88.8 Å². The Labute approximate surface area is 197 Å². The van der Waals surface area contributed by atoms with Crippen molar-refractivity contribution in [3.05, 3.63) is 105 Å². The van der Waals surface area contributed by atoms with Gasteiger partial charge in [0.2, 0.25) is 0 Å². The van der Waals surface area contributed by atoms with Gasteiger partial charge in [0.1, 0.15) is 0 Å². The van der Waals surface area contributed by atoms with E-state index in [9.17, 15) is 9.59 Å². The third-order valence-electron chi connectivity index (χ3n) is 6.43. The summed E-state index contributed by atoms with van der Waals surface area (Å²) in [5.41, 5.74) is 5.94. The number of hydrogen-bond donors (Lipinski definition) is 2. The molecule has 1 aliphatic heterocycles. The third kappa shape index (κ3) is 4.02. The summed E-state index contributed by atoms with van der Waals surface area (Å²) in [6, 6.07) is 15.8. The minimum absolute atomic E-state index is 0.106. The molecule has 0 bridgehead atoms. The maximum atomic E-state index is 13.6. The summed E-state index contributed by atoms with van der Waals surface area (Å²) in [5, 5.41) is 8.44. The van der Waals surface area contributed by atoms with Gasteiger partial charge in [-0.3, -0.25) is 14.6 Å². The predicted octanol–water partition coefficient (Wildman–Crippen LogP) is 5.45. The molecule has 2 atom stereocenters. The maximum Gasteiger partial charge on any atom is 0.254 e. The number of thiophene rings is 1. The van der Waals surface area contributed by atoms with Gasteiger partial charge in [-0.1, -0.05) is 30.3 Å². The van der Waals surface area contributed by atoms with Crippen molar-refractivity contribution in [2.75, 3.05) is 5.32 Å². The van der Waals surface area contributed by atoms with Crippen molar-refractivity contribution < 1.29 is 9.59 Å². The Morgan fingerprint density at radius 3 is 2.61 bits per heavy atom. The monoisotopic (exact) mass is 455 g/mol. The summed E-state index contributed by atoms with van der Waals surface area (Å²) in [5.74, 6) is -0.347. The van der Waals surface area contributed by atoms with Crippen molar-refractivity contribution in [1.29, 1.82) is 0 Å². The van der Waals surface area contributed by atoms with E-state index in [4.69, 9.17) is 0 Å². The van der Waals surface area contributed by atoms with Crippen LogP contribution in [0.5, 0.6) is 0 Å². The van der Waals surface area contributed by atoms with Crippen molar-refractivity contribution >= 4 is 28.7 Å². The fourth-order valence-electron chi connectivity index (χ4n) is 4.88. The topological polar surface area (TPSA) is 71.1 Å². The summed E-state index contributed by atoms with van der Waals surface area (Å²) >= 11 is 1.60. The number of aryl methyl sites for hydroxylation is 1. The van der Waals surface area contributed by atoms with Crippen LogP contribution < -0.4 is 10.6 Å². The molecule has 0 radical (unpaired) electrons. The first-order valence-electron chi connectivity index (χ1n) is 11.1. The highest BCUT2D eigenvalue weighted by atomic mass is 32.1. The summed E-state index contributed by atoms with van der Waals surface area (Å²) in [6.07, 6.45) is 4.49. The number of benzene rings is 1.